The predicted octanol–water partition coefficient (Wildman–Crippen LogP) is 1.86. The second-order valence-electron chi connectivity index (χ2n) is 1.82. The average molecular weight is 128 g/mol. The van der Waals surface area contributed by atoms with E-state index in [-0.39, 0.29) is 0 Å². The molecular weight excluding hydrogens is 116 g/mol. The van der Waals surface area contributed by atoms with E-state index in [9.17, 15) is 4.79 Å². The smallest absolute Gasteiger partial charge is 0.298 e. The van der Waals surface area contributed by atoms with Gasteiger partial charge in [0.15, 0.2) is 0 Å². The Morgan fingerprint density at radius 1 is 1.67 bits per heavy atom. The van der Waals surface area contributed by atoms with Gasteiger partial charge in [0.05, 0.1) is 0 Å². The first-order chi connectivity index (χ1) is 4.31. The van der Waals surface area contributed by atoms with Crippen LogP contribution in [-0.2, 0) is 9.53 Å². The number of unbranched alkanes of at least 4 members (excludes halogenated alkanes) is 1. The van der Waals surface area contributed by atoms with Crippen LogP contribution in [-0.4, -0.2) is 6.47 Å². The van der Waals surface area contributed by atoms with Gasteiger partial charge in [0, 0.05) is 0 Å². The molecule has 0 aromatic heterocycles. The first-order valence-electron chi connectivity index (χ1n) is 3.08. The summed E-state index contributed by atoms with van der Waals surface area (Å²) < 4.78 is 4.52. The molecule has 0 aromatic rings. The summed E-state index contributed by atoms with van der Waals surface area (Å²) in [7, 11) is 0. The van der Waals surface area contributed by atoms with Crippen molar-refractivity contribution in [2.24, 2.45) is 0 Å². The summed E-state index contributed by atoms with van der Waals surface area (Å²) in [6.07, 6.45) is 3.95. The summed E-state index contributed by atoms with van der Waals surface area (Å²) in [5.74, 6) is 0.687. The third-order valence-electron chi connectivity index (χ3n) is 0.954. The molecule has 0 unspecified atom stereocenters. The van der Waals surface area contributed by atoms with Crippen LogP contribution < -0.4 is 0 Å². The van der Waals surface area contributed by atoms with Crippen LogP contribution >= 0.6 is 0 Å². The minimum absolute atomic E-state index is 0.446. The molecule has 9 heavy (non-hydrogen) atoms. The molecule has 2 heteroatoms. The highest BCUT2D eigenvalue weighted by Crippen LogP contribution is 1.97. The van der Waals surface area contributed by atoms with E-state index in [4.69, 9.17) is 0 Å². The number of hydrogen-bond donors (Lipinski definition) is 0. The third kappa shape index (κ3) is 5.07. The lowest BCUT2D eigenvalue weighted by atomic mass is 10.3. The molecule has 0 radical (unpaired) electrons. The van der Waals surface area contributed by atoms with E-state index in [2.05, 4.69) is 11.7 Å². The van der Waals surface area contributed by atoms with Crippen LogP contribution in [0.5, 0.6) is 0 Å². The third-order valence-corrected chi connectivity index (χ3v) is 0.954. The maximum atomic E-state index is 9.72. The van der Waals surface area contributed by atoms with Gasteiger partial charge in [0.2, 0.25) is 0 Å². The summed E-state index contributed by atoms with van der Waals surface area (Å²) in [4.78, 5) is 9.72. The molecule has 0 N–H and O–H groups in total. The fourth-order valence-corrected chi connectivity index (χ4v) is 0.472. The van der Waals surface area contributed by atoms with Gasteiger partial charge >= 0.3 is 0 Å². The van der Waals surface area contributed by atoms with Gasteiger partial charge in [-0.15, -0.1) is 0 Å². The molecule has 0 bridgehead atoms. The van der Waals surface area contributed by atoms with Crippen LogP contribution in [0.25, 0.3) is 0 Å². The molecule has 0 saturated heterocycles. The zero-order valence-corrected chi connectivity index (χ0v) is 5.89. The van der Waals surface area contributed by atoms with Crippen molar-refractivity contribution in [2.45, 2.75) is 26.7 Å². The van der Waals surface area contributed by atoms with Crippen LogP contribution in [0, 0.1) is 0 Å². The molecule has 0 aromatic carbocycles. The number of hydrogen-bond acceptors (Lipinski definition) is 2. The monoisotopic (exact) mass is 128 g/mol. The average Bonchev–Trinajstić information content (AvgIpc) is 1.85. The first-order valence-corrected chi connectivity index (χ1v) is 3.08. The van der Waals surface area contributed by atoms with Crippen molar-refractivity contribution in [3.05, 3.63) is 11.8 Å². The molecule has 0 rings (SSSR count). The Kier molecular flexibility index (Phi) is 4.88. The van der Waals surface area contributed by atoms with Crippen LogP contribution in [0.2, 0.25) is 0 Å². The molecule has 0 fully saturated rings. The summed E-state index contributed by atoms with van der Waals surface area (Å²) in [5.41, 5.74) is 0. The highest BCUT2D eigenvalue weighted by atomic mass is 16.5. The number of carbonyl (C=O) groups excluding carboxylic acids is 1. The molecule has 0 heterocycles. The molecule has 0 atom stereocenters. The van der Waals surface area contributed by atoms with E-state index >= 15 is 0 Å². The Labute approximate surface area is 55.5 Å². The Balaban J connectivity index is 3.42. The SMILES string of the molecule is CCC/C=C(\C)OC=O. The number of ether oxygens (including phenoxy) is 1. The van der Waals surface area contributed by atoms with Crippen molar-refractivity contribution in [2.75, 3.05) is 0 Å². The minimum Gasteiger partial charge on any atom is -0.434 e. The van der Waals surface area contributed by atoms with Crippen molar-refractivity contribution in [1.82, 2.24) is 0 Å². The van der Waals surface area contributed by atoms with Gasteiger partial charge in [-0.2, -0.15) is 0 Å². The minimum atomic E-state index is 0.446. The molecule has 0 aliphatic carbocycles. The zero-order valence-electron chi connectivity index (χ0n) is 5.89. The lowest BCUT2D eigenvalue weighted by Crippen LogP contribution is -1.82. The molecular formula is C7H12O2. The highest BCUT2D eigenvalue weighted by molar-refractivity contribution is 5.39. The quantitative estimate of drug-likeness (QED) is 0.426. The second kappa shape index (κ2) is 5.35. The van der Waals surface area contributed by atoms with Gasteiger partial charge in [-0.25, -0.2) is 0 Å². The predicted molar refractivity (Wildman–Crippen MR) is 35.8 cm³/mol. The molecule has 52 valence electrons. The van der Waals surface area contributed by atoms with E-state index in [1.165, 1.54) is 0 Å². The van der Waals surface area contributed by atoms with Crippen molar-refractivity contribution in [1.29, 1.82) is 0 Å². The second-order valence-corrected chi connectivity index (χ2v) is 1.82. The number of rotatable bonds is 4. The lowest BCUT2D eigenvalue weighted by Gasteiger charge is -1.93. The standard InChI is InChI=1S/C7H12O2/c1-3-4-5-7(2)9-6-8/h5-6H,3-4H2,1-2H3/b7-5+. The summed E-state index contributed by atoms with van der Waals surface area (Å²) >= 11 is 0. The van der Waals surface area contributed by atoms with E-state index in [0.29, 0.717) is 12.2 Å². The number of allylic oxidation sites excluding steroid dienone is 2. The molecule has 0 spiro atoms. The topological polar surface area (TPSA) is 26.3 Å². The van der Waals surface area contributed by atoms with Gasteiger partial charge in [-0.3, -0.25) is 4.79 Å². The Hall–Kier alpha value is -0.790. The molecule has 2 nitrogen and oxygen atoms in total. The maximum absolute atomic E-state index is 9.72. The molecule has 0 aliphatic heterocycles. The fraction of sp³-hybridized carbons (Fsp3) is 0.571. The van der Waals surface area contributed by atoms with Crippen molar-refractivity contribution < 1.29 is 9.53 Å². The van der Waals surface area contributed by atoms with Crippen LogP contribution in [0.1, 0.15) is 26.7 Å². The maximum Gasteiger partial charge on any atom is 0.298 e. The molecule has 0 aliphatic rings. The van der Waals surface area contributed by atoms with Gasteiger partial charge in [-0.05, 0) is 19.4 Å². The molecule has 0 amide bonds. The fourth-order valence-electron chi connectivity index (χ4n) is 0.472. The van der Waals surface area contributed by atoms with Crippen LogP contribution in [0.4, 0.5) is 0 Å². The normalized spacial score (nSPS) is 11.1. The van der Waals surface area contributed by atoms with E-state index in [1.807, 2.05) is 6.08 Å². The van der Waals surface area contributed by atoms with Crippen LogP contribution in [0.15, 0.2) is 11.8 Å². The van der Waals surface area contributed by atoms with Gasteiger partial charge in [0.1, 0.15) is 5.76 Å². The first kappa shape index (κ1) is 8.21. The van der Waals surface area contributed by atoms with E-state index in [0.717, 1.165) is 12.8 Å². The van der Waals surface area contributed by atoms with Crippen LogP contribution in [0.3, 0.4) is 0 Å². The summed E-state index contributed by atoms with van der Waals surface area (Å²) in [6.45, 7) is 4.29. The summed E-state index contributed by atoms with van der Waals surface area (Å²) in [5, 5.41) is 0. The van der Waals surface area contributed by atoms with Gasteiger partial charge in [0.25, 0.3) is 6.47 Å². The van der Waals surface area contributed by atoms with Gasteiger partial charge < -0.3 is 4.74 Å². The Bertz CT molecular complexity index is 105. The summed E-state index contributed by atoms with van der Waals surface area (Å²) in [6, 6.07) is 0. The zero-order chi connectivity index (χ0) is 7.11. The number of carbonyl (C=O) groups is 1. The lowest BCUT2D eigenvalue weighted by molar-refractivity contribution is -0.125. The van der Waals surface area contributed by atoms with Crippen molar-refractivity contribution >= 4 is 6.47 Å². The highest BCUT2D eigenvalue weighted by Gasteiger charge is 1.83. The molecule has 0 saturated carbocycles. The largest absolute Gasteiger partial charge is 0.434 e. The Morgan fingerprint density at radius 3 is 2.78 bits per heavy atom. The van der Waals surface area contributed by atoms with Gasteiger partial charge in [-0.1, -0.05) is 13.3 Å². The Morgan fingerprint density at radius 2 is 2.33 bits per heavy atom. The van der Waals surface area contributed by atoms with Crippen molar-refractivity contribution in [3.8, 4) is 0 Å². The van der Waals surface area contributed by atoms with E-state index in [1.54, 1.807) is 6.92 Å². The van der Waals surface area contributed by atoms with E-state index < -0.39 is 0 Å². The van der Waals surface area contributed by atoms with Crippen molar-refractivity contribution in [3.63, 3.8) is 0 Å².